The van der Waals surface area contributed by atoms with Crippen LogP contribution in [-0.4, -0.2) is 20.8 Å². The Morgan fingerprint density at radius 3 is 3.00 bits per heavy atom. The molecule has 1 aromatic rings. The first-order valence-corrected chi connectivity index (χ1v) is 5.36. The lowest BCUT2D eigenvalue weighted by molar-refractivity contribution is -0.126. The summed E-state index contributed by atoms with van der Waals surface area (Å²) in [5.74, 6) is 0.396. The molecule has 16 heavy (non-hydrogen) atoms. The number of pyridine rings is 1. The third-order valence-corrected chi connectivity index (χ3v) is 2.44. The van der Waals surface area contributed by atoms with Gasteiger partial charge in [0.1, 0.15) is 11.0 Å². The molecule has 0 bridgehead atoms. The molecular formula is C10H8ClN3OS. The maximum Gasteiger partial charge on any atom is 0.250 e. The molecule has 82 valence electrons. The van der Waals surface area contributed by atoms with Gasteiger partial charge in [-0.25, -0.2) is 9.99 Å². The minimum Gasteiger partial charge on any atom is -0.275 e. The standard InChI is InChI=1S/C10H8ClN3OS/c11-8-2-1-3-9(12-8)13-14-5-4-7(16)6-10(14)15/h1-5H,6H2,(H,12,13). The molecule has 0 saturated heterocycles. The van der Waals surface area contributed by atoms with Crippen molar-refractivity contribution in [1.29, 1.82) is 0 Å². The molecule has 4 nitrogen and oxygen atoms in total. The van der Waals surface area contributed by atoms with Gasteiger partial charge in [0.15, 0.2) is 0 Å². The van der Waals surface area contributed by atoms with Gasteiger partial charge in [0.05, 0.1) is 6.42 Å². The second-order valence-corrected chi connectivity index (χ2v) is 4.09. The van der Waals surface area contributed by atoms with E-state index in [1.807, 2.05) is 0 Å². The minimum absolute atomic E-state index is 0.116. The van der Waals surface area contributed by atoms with Crippen molar-refractivity contribution in [3.63, 3.8) is 0 Å². The van der Waals surface area contributed by atoms with Gasteiger partial charge in [0.2, 0.25) is 5.91 Å². The maximum absolute atomic E-state index is 11.6. The summed E-state index contributed by atoms with van der Waals surface area (Å²) in [6.45, 7) is 0. The summed E-state index contributed by atoms with van der Waals surface area (Å²) in [7, 11) is 0. The molecule has 0 radical (unpaired) electrons. The Hall–Kier alpha value is -1.46. The predicted molar refractivity (Wildman–Crippen MR) is 66.1 cm³/mol. The van der Waals surface area contributed by atoms with E-state index in [0.29, 0.717) is 15.8 Å². The molecule has 6 heteroatoms. The molecule has 0 unspecified atom stereocenters. The monoisotopic (exact) mass is 253 g/mol. The first-order valence-electron chi connectivity index (χ1n) is 4.57. The quantitative estimate of drug-likeness (QED) is 0.648. The lowest BCUT2D eigenvalue weighted by Crippen LogP contribution is -2.35. The number of thiocarbonyl (C=S) groups is 1. The van der Waals surface area contributed by atoms with Crippen LogP contribution in [0.15, 0.2) is 30.5 Å². The number of nitrogens with zero attached hydrogens (tertiary/aromatic N) is 2. The zero-order chi connectivity index (χ0) is 11.5. The molecule has 2 rings (SSSR count). The lowest BCUT2D eigenvalue weighted by atomic mass is 10.2. The van der Waals surface area contributed by atoms with E-state index in [4.69, 9.17) is 23.8 Å². The molecule has 1 aromatic heterocycles. The van der Waals surface area contributed by atoms with Crippen LogP contribution >= 0.6 is 23.8 Å². The number of rotatable bonds is 2. The van der Waals surface area contributed by atoms with Crippen molar-refractivity contribution < 1.29 is 4.79 Å². The molecule has 0 saturated carbocycles. The van der Waals surface area contributed by atoms with Gasteiger partial charge >= 0.3 is 0 Å². The Morgan fingerprint density at radius 1 is 1.50 bits per heavy atom. The molecule has 1 amide bonds. The number of aromatic nitrogens is 1. The van der Waals surface area contributed by atoms with Crippen LogP contribution in [-0.2, 0) is 4.79 Å². The highest BCUT2D eigenvalue weighted by Gasteiger charge is 2.17. The highest BCUT2D eigenvalue weighted by Crippen LogP contribution is 2.12. The van der Waals surface area contributed by atoms with Gasteiger partial charge in [0.25, 0.3) is 0 Å². The van der Waals surface area contributed by atoms with E-state index >= 15 is 0 Å². The molecule has 2 heterocycles. The minimum atomic E-state index is -0.116. The van der Waals surface area contributed by atoms with Gasteiger partial charge in [-0.15, -0.1) is 0 Å². The zero-order valence-corrected chi connectivity index (χ0v) is 9.76. The summed E-state index contributed by atoms with van der Waals surface area (Å²) in [6.07, 6.45) is 3.52. The van der Waals surface area contributed by atoms with Crippen LogP contribution in [0.4, 0.5) is 5.82 Å². The second kappa shape index (κ2) is 4.59. The number of anilines is 1. The molecule has 0 aliphatic carbocycles. The molecule has 0 atom stereocenters. The Bertz CT molecular complexity index is 475. The molecule has 0 aromatic carbocycles. The van der Waals surface area contributed by atoms with Crippen LogP contribution in [0.5, 0.6) is 0 Å². The Morgan fingerprint density at radius 2 is 2.31 bits per heavy atom. The van der Waals surface area contributed by atoms with E-state index in [9.17, 15) is 4.79 Å². The van der Waals surface area contributed by atoms with Crippen LogP contribution in [0.25, 0.3) is 0 Å². The number of hydrazine groups is 1. The van der Waals surface area contributed by atoms with Crippen molar-refractivity contribution in [2.45, 2.75) is 6.42 Å². The summed E-state index contributed by atoms with van der Waals surface area (Å²) in [6, 6.07) is 5.14. The number of nitrogens with one attached hydrogen (secondary N) is 1. The molecular weight excluding hydrogens is 246 g/mol. The number of hydrogen-bond donors (Lipinski definition) is 1. The normalized spacial score (nSPS) is 15.4. The molecule has 1 aliphatic heterocycles. The van der Waals surface area contributed by atoms with Crippen molar-refractivity contribution in [3.8, 4) is 0 Å². The highest BCUT2D eigenvalue weighted by atomic mass is 35.5. The molecule has 0 spiro atoms. The number of amides is 1. The molecule has 0 fully saturated rings. The Kier molecular flexibility index (Phi) is 3.17. The van der Waals surface area contributed by atoms with Crippen molar-refractivity contribution in [2.75, 3.05) is 5.43 Å². The van der Waals surface area contributed by atoms with E-state index < -0.39 is 0 Å². The fourth-order valence-electron chi connectivity index (χ4n) is 1.23. The Labute approximate surface area is 103 Å². The van der Waals surface area contributed by atoms with E-state index in [1.165, 1.54) is 5.01 Å². The van der Waals surface area contributed by atoms with Crippen molar-refractivity contribution in [3.05, 3.63) is 35.6 Å². The smallest absolute Gasteiger partial charge is 0.250 e. The van der Waals surface area contributed by atoms with E-state index in [1.54, 1.807) is 30.5 Å². The number of allylic oxidation sites excluding steroid dienone is 1. The first kappa shape index (κ1) is 11.0. The summed E-state index contributed by atoms with van der Waals surface area (Å²) in [4.78, 5) is 16.2. The van der Waals surface area contributed by atoms with Crippen LogP contribution in [0.1, 0.15) is 6.42 Å². The zero-order valence-electron chi connectivity index (χ0n) is 8.18. The van der Waals surface area contributed by atoms with Gasteiger partial charge in [0, 0.05) is 11.1 Å². The predicted octanol–water partition coefficient (Wildman–Crippen LogP) is 2.18. The van der Waals surface area contributed by atoms with E-state index in [2.05, 4.69) is 10.4 Å². The fraction of sp³-hybridized carbons (Fsp3) is 0.100. The largest absolute Gasteiger partial charge is 0.275 e. The Balaban J connectivity index is 2.13. The van der Waals surface area contributed by atoms with E-state index in [0.717, 1.165) is 0 Å². The van der Waals surface area contributed by atoms with E-state index in [-0.39, 0.29) is 12.3 Å². The third kappa shape index (κ3) is 2.56. The van der Waals surface area contributed by atoms with Crippen molar-refractivity contribution in [2.24, 2.45) is 0 Å². The van der Waals surface area contributed by atoms with Crippen LogP contribution in [0.3, 0.4) is 0 Å². The van der Waals surface area contributed by atoms with Gasteiger partial charge in [-0.3, -0.25) is 10.2 Å². The number of halogens is 1. The summed E-state index contributed by atoms with van der Waals surface area (Å²) >= 11 is 10.7. The second-order valence-electron chi connectivity index (χ2n) is 3.18. The average molecular weight is 254 g/mol. The lowest BCUT2D eigenvalue weighted by Gasteiger charge is -2.22. The van der Waals surface area contributed by atoms with Gasteiger partial charge < -0.3 is 0 Å². The summed E-state index contributed by atoms with van der Waals surface area (Å²) in [5, 5.41) is 1.71. The first-order chi connectivity index (χ1) is 7.65. The third-order valence-electron chi connectivity index (χ3n) is 1.95. The number of carbonyl (C=O) groups is 1. The number of hydrogen-bond acceptors (Lipinski definition) is 4. The van der Waals surface area contributed by atoms with Crippen LogP contribution < -0.4 is 5.43 Å². The average Bonchev–Trinajstić information content (AvgIpc) is 2.22. The van der Waals surface area contributed by atoms with Crippen LogP contribution in [0.2, 0.25) is 5.15 Å². The van der Waals surface area contributed by atoms with Crippen LogP contribution in [0, 0.1) is 0 Å². The van der Waals surface area contributed by atoms with Crippen molar-refractivity contribution >= 4 is 40.4 Å². The SMILES string of the molecule is O=C1CC(=S)C=CN1Nc1cccc(Cl)n1. The fourth-order valence-corrected chi connectivity index (χ4v) is 1.58. The van der Waals surface area contributed by atoms with Gasteiger partial charge in [-0.1, -0.05) is 29.9 Å². The van der Waals surface area contributed by atoms with Crippen molar-refractivity contribution in [1.82, 2.24) is 9.99 Å². The maximum atomic E-state index is 11.6. The summed E-state index contributed by atoms with van der Waals surface area (Å²) in [5.41, 5.74) is 2.83. The topological polar surface area (TPSA) is 45.2 Å². The summed E-state index contributed by atoms with van der Waals surface area (Å²) < 4.78 is 0. The molecule has 1 aliphatic rings. The highest BCUT2D eigenvalue weighted by molar-refractivity contribution is 7.80. The van der Waals surface area contributed by atoms with Gasteiger partial charge in [-0.05, 0) is 18.2 Å². The van der Waals surface area contributed by atoms with Gasteiger partial charge in [-0.2, -0.15) is 0 Å². The number of carbonyl (C=O) groups excluding carboxylic acids is 1. The molecule has 1 N–H and O–H groups in total.